The second kappa shape index (κ2) is 4.18. The second-order valence-corrected chi connectivity index (χ2v) is 3.92. The van der Waals surface area contributed by atoms with E-state index in [4.69, 9.17) is 0 Å². The molecule has 1 N–H and O–H groups in total. The minimum atomic E-state index is -0.135. The third-order valence-electron chi connectivity index (χ3n) is 1.86. The Morgan fingerprint density at radius 2 is 2.17 bits per heavy atom. The smallest absolute Gasteiger partial charge is 0.129 e. The molecule has 0 aliphatic rings. The average molecular weight is 279 g/mol. The summed E-state index contributed by atoms with van der Waals surface area (Å²) in [6, 6.07) is 5.34. The van der Waals surface area contributed by atoms with Crippen LogP contribution in [0.25, 0.3) is 0 Å². The molecule has 0 amide bonds. The summed E-state index contributed by atoms with van der Waals surface area (Å²) in [7, 11) is 1.82. The molecule has 1 aromatic carbocycles. The Hall–Kier alpha value is -0.160. The Morgan fingerprint density at radius 3 is 2.67 bits per heavy atom. The van der Waals surface area contributed by atoms with Gasteiger partial charge in [0.25, 0.3) is 0 Å². The van der Waals surface area contributed by atoms with Gasteiger partial charge in [-0.15, -0.1) is 0 Å². The molecule has 3 heteroatoms. The molecule has 0 aliphatic heterocycles. The number of rotatable bonds is 2. The normalized spacial score (nSPS) is 13.0. The van der Waals surface area contributed by atoms with Gasteiger partial charge in [0.15, 0.2) is 0 Å². The zero-order valence-electron chi connectivity index (χ0n) is 7.07. The Morgan fingerprint density at radius 1 is 1.50 bits per heavy atom. The van der Waals surface area contributed by atoms with Gasteiger partial charge in [0.1, 0.15) is 5.82 Å². The maximum atomic E-state index is 13.2. The van der Waals surface area contributed by atoms with E-state index in [9.17, 15) is 4.39 Å². The summed E-state index contributed by atoms with van der Waals surface area (Å²) in [6.07, 6.45) is 0. The fourth-order valence-corrected chi connectivity index (χ4v) is 1.46. The maximum Gasteiger partial charge on any atom is 0.129 e. The molecule has 1 nitrogen and oxygen atoms in total. The highest BCUT2D eigenvalue weighted by Gasteiger charge is 2.07. The molecular weight excluding hydrogens is 268 g/mol. The minimum absolute atomic E-state index is 0.0713. The van der Waals surface area contributed by atoms with Gasteiger partial charge in [-0.25, -0.2) is 4.39 Å². The monoisotopic (exact) mass is 279 g/mol. The first kappa shape index (κ1) is 9.92. The van der Waals surface area contributed by atoms with Crippen LogP contribution in [0.3, 0.4) is 0 Å². The third-order valence-corrected chi connectivity index (χ3v) is 2.53. The highest BCUT2D eigenvalue weighted by atomic mass is 127. The van der Waals surface area contributed by atoms with Gasteiger partial charge in [-0.05, 0) is 48.7 Å². The quantitative estimate of drug-likeness (QED) is 0.821. The van der Waals surface area contributed by atoms with Crippen molar-refractivity contribution >= 4 is 22.6 Å². The van der Waals surface area contributed by atoms with Gasteiger partial charge in [0.2, 0.25) is 0 Å². The Kier molecular flexibility index (Phi) is 3.46. The summed E-state index contributed by atoms with van der Waals surface area (Å²) < 4.78 is 14.2. The first-order valence-electron chi connectivity index (χ1n) is 3.77. The summed E-state index contributed by atoms with van der Waals surface area (Å²) in [5, 5.41) is 3.00. The highest BCUT2D eigenvalue weighted by molar-refractivity contribution is 14.1. The molecule has 0 bridgehead atoms. The van der Waals surface area contributed by atoms with Crippen LogP contribution in [0.2, 0.25) is 0 Å². The number of nitrogens with one attached hydrogen (secondary N) is 1. The van der Waals surface area contributed by atoms with Crippen LogP contribution < -0.4 is 5.32 Å². The van der Waals surface area contributed by atoms with Crippen LogP contribution in [0.15, 0.2) is 18.2 Å². The predicted octanol–water partition coefficient (Wildman–Crippen LogP) is 2.71. The van der Waals surface area contributed by atoms with Gasteiger partial charge >= 0.3 is 0 Å². The molecule has 0 aliphatic carbocycles. The maximum absolute atomic E-state index is 13.2. The lowest BCUT2D eigenvalue weighted by atomic mass is 10.1. The van der Waals surface area contributed by atoms with Crippen molar-refractivity contribution in [1.82, 2.24) is 5.32 Å². The Bertz CT molecular complexity index is 275. The first-order chi connectivity index (χ1) is 5.65. The van der Waals surface area contributed by atoms with E-state index < -0.39 is 0 Å². The van der Waals surface area contributed by atoms with Crippen LogP contribution >= 0.6 is 22.6 Å². The SMILES string of the molecule is CN[C@H](C)c1ccc(I)cc1F. The Labute approximate surface area is 85.5 Å². The van der Waals surface area contributed by atoms with Crippen molar-refractivity contribution in [2.45, 2.75) is 13.0 Å². The largest absolute Gasteiger partial charge is 0.313 e. The van der Waals surface area contributed by atoms with E-state index in [1.807, 2.05) is 26.1 Å². The van der Waals surface area contributed by atoms with E-state index in [1.165, 1.54) is 0 Å². The van der Waals surface area contributed by atoms with E-state index in [0.717, 1.165) is 9.13 Å². The molecule has 0 radical (unpaired) electrons. The molecule has 0 heterocycles. The summed E-state index contributed by atoms with van der Waals surface area (Å²) in [5.74, 6) is -0.135. The van der Waals surface area contributed by atoms with E-state index in [1.54, 1.807) is 6.07 Å². The molecule has 1 atom stereocenters. The van der Waals surface area contributed by atoms with Gasteiger partial charge in [-0.1, -0.05) is 6.07 Å². The van der Waals surface area contributed by atoms with Crippen LogP contribution in [0.1, 0.15) is 18.5 Å². The van der Waals surface area contributed by atoms with Crippen LogP contribution in [0.5, 0.6) is 0 Å². The van der Waals surface area contributed by atoms with Crippen LogP contribution in [0.4, 0.5) is 4.39 Å². The van der Waals surface area contributed by atoms with Gasteiger partial charge in [-0.3, -0.25) is 0 Å². The molecule has 66 valence electrons. The summed E-state index contributed by atoms with van der Waals surface area (Å²) in [4.78, 5) is 0. The van der Waals surface area contributed by atoms with Gasteiger partial charge in [-0.2, -0.15) is 0 Å². The van der Waals surface area contributed by atoms with Crippen molar-refractivity contribution in [2.75, 3.05) is 7.05 Å². The van der Waals surface area contributed by atoms with Crippen molar-refractivity contribution in [3.05, 3.63) is 33.1 Å². The number of benzene rings is 1. The molecule has 12 heavy (non-hydrogen) atoms. The highest BCUT2D eigenvalue weighted by Crippen LogP contribution is 2.18. The molecule has 0 aromatic heterocycles. The topological polar surface area (TPSA) is 12.0 Å². The summed E-state index contributed by atoms with van der Waals surface area (Å²) >= 11 is 2.10. The zero-order valence-corrected chi connectivity index (χ0v) is 9.22. The molecule has 0 unspecified atom stereocenters. The van der Waals surface area contributed by atoms with Crippen LogP contribution in [0, 0.1) is 9.39 Å². The van der Waals surface area contributed by atoms with E-state index in [2.05, 4.69) is 27.9 Å². The van der Waals surface area contributed by atoms with Gasteiger partial charge in [0.05, 0.1) is 0 Å². The molecule has 0 fully saturated rings. The van der Waals surface area contributed by atoms with Crippen molar-refractivity contribution in [1.29, 1.82) is 0 Å². The van der Waals surface area contributed by atoms with Crippen molar-refractivity contribution in [3.8, 4) is 0 Å². The first-order valence-corrected chi connectivity index (χ1v) is 4.85. The number of halogens is 2. The third kappa shape index (κ3) is 2.17. The van der Waals surface area contributed by atoms with Crippen LogP contribution in [-0.4, -0.2) is 7.05 Å². The van der Waals surface area contributed by atoms with Gasteiger partial charge < -0.3 is 5.32 Å². The standard InChI is InChI=1S/C9H11FIN/c1-6(12-2)8-4-3-7(11)5-9(8)10/h3-6,12H,1-2H3/t6-/m1/s1. The summed E-state index contributed by atoms with van der Waals surface area (Å²) in [5.41, 5.74) is 0.720. The lowest BCUT2D eigenvalue weighted by molar-refractivity contribution is 0.561. The zero-order chi connectivity index (χ0) is 9.14. The predicted molar refractivity (Wildman–Crippen MR) is 56.6 cm³/mol. The Balaban J connectivity index is 3.01. The molecule has 0 saturated heterocycles. The summed E-state index contributed by atoms with van der Waals surface area (Å²) in [6.45, 7) is 1.94. The van der Waals surface area contributed by atoms with E-state index >= 15 is 0 Å². The second-order valence-electron chi connectivity index (χ2n) is 2.68. The van der Waals surface area contributed by atoms with Gasteiger partial charge in [0, 0.05) is 15.2 Å². The van der Waals surface area contributed by atoms with Crippen molar-refractivity contribution < 1.29 is 4.39 Å². The molecule has 1 aromatic rings. The fraction of sp³-hybridized carbons (Fsp3) is 0.333. The molecule has 0 spiro atoms. The molecule has 0 saturated carbocycles. The number of hydrogen-bond donors (Lipinski definition) is 1. The minimum Gasteiger partial charge on any atom is -0.313 e. The van der Waals surface area contributed by atoms with E-state index in [0.29, 0.717) is 0 Å². The van der Waals surface area contributed by atoms with Crippen molar-refractivity contribution in [3.63, 3.8) is 0 Å². The lowest BCUT2D eigenvalue weighted by Gasteiger charge is -2.11. The van der Waals surface area contributed by atoms with E-state index in [-0.39, 0.29) is 11.9 Å². The fourth-order valence-electron chi connectivity index (χ4n) is 1.01. The number of hydrogen-bond acceptors (Lipinski definition) is 1. The lowest BCUT2D eigenvalue weighted by Crippen LogP contribution is -2.13. The van der Waals surface area contributed by atoms with Crippen LogP contribution in [-0.2, 0) is 0 Å². The molecular formula is C9H11FIN. The average Bonchev–Trinajstić information content (AvgIpc) is 2.03. The van der Waals surface area contributed by atoms with Crippen molar-refractivity contribution in [2.24, 2.45) is 0 Å². The molecule has 1 rings (SSSR count).